The quantitative estimate of drug-likeness (QED) is 0.578. The Morgan fingerprint density at radius 3 is 2.42 bits per heavy atom. The molecule has 0 aromatic rings. The molecule has 1 unspecified atom stereocenters. The fourth-order valence-corrected chi connectivity index (χ4v) is 1.33. The summed E-state index contributed by atoms with van der Waals surface area (Å²) in [5.74, 6) is 0.816. The first-order chi connectivity index (χ1) is 5.70. The van der Waals surface area contributed by atoms with Gasteiger partial charge in [-0.1, -0.05) is 26.8 Å². The molecule has 0 saturated carbocycles. The van der Waals surface area contributed by atoms with Gasteiger partial charge in [0.2, 0.25) is 0 Å². The molecule has 0 aromatic heterocycles. The predicted octanol–water partition coefficient (Wildman–Crippen LogP) is 2.98. The van der Waals surface area contributed by atoms with Gasteiger partial charge < -0.3 is 5.32 Å². The van der Waals surface area contributed by atoms with E-state index in [2.05, 4.69) is 32.7 Å². The summed E-state index contributed by atoms with van der Waals surface area (Å²) in [5, 5.41) is 3.47. The van der Waals surface area contributed by atoms with E-state index in [9.17, 15) is 0 Å². The number of hydrogen-bond acceptors (Lipinski definition) is 1. The second-order valence-electron chi connectivity index (χ2n) is 3.75. The van der Waals surface area contributed by atoms with E-state index in [1.165, 1.54) is 12.8 Å². The summed E-state index contributed by atoms with van der Waals surface area (Å²) in [4.78, 5) is 0. The third kappa shape index (κ3) is 6.41. The molecule has 0 aromatic carbocycles. The Morgan fingerprint density at radius 2 is 2.00 bits per heavy atom. The molecule has 0 radical (unpaired) electrons. The third-order valence-electron chi connectivity index (χ3n) is 2.04. The van der Waals surface area contributed by atoms with Crippen molar-refractivity contribution in [1.29, 1.82) is 0 Å². The molecule has 72 valence electrons. The van der Waals surface area contributed by atoms with Gasteiger partial charge in [-0.15, -0.1) is 6.58 Å². The van der Waals surface area contributed by atoms with Gasteiger partial charge in [0, 0.05) is 6.04 Å². The van der Waals surface area contributed by atoms with Crippen LogP contribution in [-0.4, -0.2) is 12.6 Å². The number of hydrogen-bond donors (Lipinski definition) is 1. The molecular weight excluding hydrogens is 146 g/mol. The van der Waals surface area contributed by atoms with E-state index in [-0.39, 0.29) is 0 Å². The average molecular weight is 169 g/mol. The first kappa shape index (κ1) is 11.7. The maximum Gasteiger partial charge on any atom is 0.0101 e. The molecule has 12 heavy (non-hydrogen) atoms. The molecule has 1 N–H and O–H groups in total. The van der Waals surface area contributed by atoms with Crippen molar-refractivity contribution in [3.63, 3.8) is 0 Å². The van der Waals surface area contributed by atoms with Gasteiger partial charge in [-0.05, 0) is 31.7 Å². The molecule has 0 fully saturated rings. The van der Waals surface area contributed by atoms with Crippen LogP contribution in [0.15, 0.2) is 12.7 Å². The van der Waals surface area contributed by atoms with Gasteiger partial charge in [-0.25, -0.2) is 0 Å². The van der Waals surface area contributed by atoms with E-state index in [4.69, 9.17) is 0 Å². The van der Waals surface area contributed by atoms with Crippen LogP contribution in [0.1, 0.15) is 40.0 Å². The van der Waals surface area contributed by atoms with Gasteiger partial charge in [0.25, 0.3) is 0 Å². The van der Waals surface area contributed by atoms with Crippen molar-refractivity contribution in [1.82, 2.24) is 5.32 Å². The second kappa shape index (κ2) is 7.35. The van der Waals surface area contributed by atoms with Crippen LogP contribution in [0.2, 0.25) is 0 Å². The molecule has 0 amide bonds. The lowest BCUT2D eigenvalue weighted by Crippen LogP contribution is -2.28. The third-order valence-corrected chi connectivity index (χ3v) is 2.04. The molecule has 0 aliphatic rings. The van der Waals surface area contributed by atoms with Crippen LogP contribution in [0.5, 0.6) is 0 Å². The van der Waals surface area contributed by atoms with Gasteiger partial charge in [0.15, 0.2) is 0 Å². The van der Waals surface area contributed by atoms with Crippen LogP contribution in [0.4, 0.5) is 0 Å². The molecule has 0 aliphatic carbocycles. The second-order valence-corrected chi connectivity index (χ2v) is 3.75. The van der Waals surface area contributed by atoms with Crippen molar-refractivity contribution in [2.45, 2.75) is 46.1 Å². The van der Waals surface area contributed by atoms with Crippen molar-refractivity contribution in [2.24, 2.45) is 5.92 Å². The summed E-state index contributed by atoms with van der Waals surface area (Å²) >= 11 is 0. The van der Waals surface area contributed by atoms with Crippen LogP contribution >= 0.6 is 0 Å². The fraction of sp³-hybridized carbons (Fsp3) is 0.818. The minimum Gasteiger partial charge on any atom is -0.314 e. The highest BCUT2D eigenvalue weighted by molar-refractivity contribution is 4.77. The van der Waals surface area contributed by atoms with E-state index in [0.717, 1.165) is 18.9 Å². The zero-order valence-electron chi connectivity index (χ0n) is 8.77. The lowest BCUT2D eigenvalue weighted by Gasteiger charge is -2.16. The topological polar surface area (TPSA) is 12.0 Å². The SMILES string of the molecule is C=CCC(CCC(C)C)NCC. The summed E-state index contributed by atoms with van der Waals surface area (Å²) in [5.41, 5.74) is 0. The molecule has 0 spiro atoms. The molecule has 0 heterocycles. The fourth-order valence-electron chi connectivity index (χ4n) is 1.33. The highest BCUT2D eigenvalue weighted by Crippen LogP contribution is 2.09. The van der Waals surface area contributed by atoms with Crippen LogP contribution in [0.25, 0.3) is 0 Å². The van der Waals surface area contributed by atoms with E-state index in [0.29, 0.717) is 6.04 Å². The van der Waals surface area contributed by atoms with Crippen LogP contribution in [0, 0.1) is 5.92 Å². The first-order valence-corrected chi connectivity index (χ1v) is 5.05. The Morgan fingerprint density at radius 1 is 1.33 bits per heavy atom. The van der Waals surface area contributed by atoms with Gasteiger partial charge in [0.05, 0.1) is 0 Å². The lowest BCUT2D eigenvalue weighted by atomic mass is 10.0. The minimum absolute atomic E-state index is 0.648. The summed E-state index contributed by atoms with van der Waals surface area (Å²) in [6.45, 7) is 11.5. The molecule has 0 rings (SSSR count). The molecule has 0 saturated heterocycles. The van der Waals surface area contributed by atoms with Crippen molar-refractivity contribution in [3.8, 4) is 0 Å². The summed E-state index contributed by atoms with van der Waals surface area (Å²) in [6.07, 6.45) is 5.69. The van der Waals surface area contributed by atoms with Gasteiger partial charge >= 0.3 is 0 Å². The Kier molecular flexibility index (Phi) is 7.17. The minimum atomic E-state index is 0.648. The standard InChI is InChI=1S/C11H23N/c1-5-7-11(12-6-2)9-8-10(3)4/h5,10-12H,1,6-9H2,2-4H3. The molecule has 0 aliphatic heterocycles. The van der Waals surface area contributed by atoms with Gasteiger partial charge in [0.1, 0.15) is 0 Å². The highest BCUT2D eigenvalue weighted by Gasteiger charge is 2.05. The van der Waals surface area contributed by atoms with Crippen molar-refractivity contribution in [3.05, 3.63) is 12.7 Å². The van der Waals surface area contributed by atoms with Gasteiger partial charge in [-0.2, -0.15) is 0 Å². The van der Waals surface area contributed by atoms with Crippen LogP contribution in [-0.2, 0) is 0 Å². The number of nitrogens with one attached hydrogen (secondary N) is 1. The van der Waals surface area contributed by atoms with Crippen molar-refractivity contribution < 1.29 is 0 Å². The zero-order valence-corrected chi connectivity index (χ0v) is 8.77. The zero-order chi connectivity index (χ0) is 9.40. The van der Waals surface area contributed by atoms with Gasteiger partial charge in [-0.3, -0.25) is 0 Å². The molecule has 1 atom stereocenters. The Balaban J connectivity index is 3.54. The molecule has 1 nitrogen and oxygen atoms in total. The van der Waals surface area contributed by atoms with E-state index >= 15 is 0 Å². The smallest absolute Gasteiger partial charge is 0.0101 e. The maximum atomic E-state index is 3.77. The Hall–Kier alpha value is -0.300. The average Bonchev–Trinajstić information content (AvgIpc) is 2.01. The monoisotopic (exact) mass is 169 g/mol. The summed E-state index contributed by atoms with van der Waals surface area (Å²) in [7, 11) is 0. The lowest BCUT2D eigenvalue weighted by molar-refractivity contribution is 0.439. The first-order valence-electron chi connectivity index (χ1n) is 5.05. The van der Waals surface area contributed by atoms with Crippen LogP contribution < -0.4 is 5.32 Å². The van der Waals surface area contributed by atoms with E-state index in [1.807, 2.05) is 6.08 Å². The normalized spacial score (nSPS) is 13.3. The molecule has 0 bridgehead atoms. The number of rotatable bonds is 7. The predicted molar refractivity (Wildman–Crippen MR) is 56.4 cm³/mol. The Labute approximate surface area is 77.2 Å². The van der Waals surface area contributed by atoms with E-state index < -0.39 is 0 Å². The molecule has 1 heteroatoms. The molecular formula is C11H23N. The van der Waals surface area contributed by atoms with Crippen molar-refractivity contribution >= 4 is 0 Å². The van der Waals surface area contributed by atoms with Crippen molar-refractivity contribution in [2.75, 3.05) is 6.54 Å². The maximum absolute atomic E-state index is 3.77. The largest absolute Gasteiger partial charge is 0.314 e. The highest BCUT2D eigenvalue weighted by atomic mass is 14.9. The summed E-state index contributed by atoms with van der Waals surface area (Å²) < 4.78 is 0. The Bertz CT molecular complexity index is 108. The van der Waals surface area contributed by atoms with E-state index in [1.54, 1.807) is 0 Å². The summed E-state index contributed by atoms with van der Waals surface area (Å²) in [6, 6.07) is 0.648. The van der Waals surface area contributed by atoms with Crippen LogP contribution in [0.3, 0.4) is 0 Å².